The predicted molar refractivity (Wildman–Crippen MR) is 111 cm³/mol. The van der Waals surface area contributed by atoms with E-state index in [4.69, 9.17) is 13.9 Å². The van der Waals surface area contributed by atoms with E-state index in [1.165, 1.54) is 0 Å². The lowest BCUT2D eigenvalue weighted by Gasteiger charge is -2.31. The van der Waals surface area contributed by atoms with Crippen molar-refractivity contribution in [2.45, 2.75) is 25.2 Å². The maximum Gasteiger partial charge on any atom is 0.260 e. The number of hydrogen-bond donors (Lipinski definition) is 0. The highest BCUT2D eigenvalue weighted by Gasteiger charge is 2.28. The van der Waals surface area contributed by atoms with Crippen LogP contribution in [0, 0.1) is 0 Å². The third-order valence-electron chi connectivity index (χ3n) is 5.23. The number of hydrogen-bond acceptors (Lipinski definition) is 6. The van der Waals surface area contributed by atoms with Crippen molar-refractivity contribution in [2.24, 2.45) is 0 Å². The van der Waals surface area contributed by atoms with E-state index in [1.54, 1.807) is 37.8 Å². The van der Waals surface area contributed by atoms with Gasteiger partial charge in [-0.3, -0.25) is 9.78 Å². The fourth-order valence-corrected chi connectivity index (χ4v) is 3.61. The van der Waals surface area contributed by atoms with Gasteiger partial charge in [0.25, 0.3) is 5.91 Å². The van der Waals surface area contributed by atoms with E-state index in [0.717, 1.165) is 36.5 Å². The van der Waals surface area contributed by atoms with Crippen LogP contribution in [0.5, 0.6) is 11.5 Å². The molecule has 30 heavy (non-hydrogen) atoms. The fourth-order valence-electron chi connectivity index (χ4n) is 3.61. The maximum atomic E-state index is 12.6. The summed E-state index contributed by atoms with van der Waals surface area (Å²) in [6.07, 6.45) is 7.60. The molecule has 2 aromatic heterocycles. The third-order valence-corrected chi connectivity index (χ3v) is 5.23. The Morgan fingerprint density at radius 1 is 1.20 bits per heavy atom. The Morgan fingerprint density at radius 2 is 2.07 bits per heavy atom. The molecule has 3 aromatic rings. The smallest absolute Gasteiger partial charge is 0.260 e. The molecule has 0 radical (unpaired) electrons. The molecule has 7 heteroatoms. The zero-order valence-corrected chi connectivity index (χ0v) is 17.0. The second kappa shape index (κ2) is 9.43. The SMILES string of the molecule is COc1ccc(Cc2cnc([C@@H]3CCCN(C(=O)COc4cccnc4)C3)o2)cc1. The zero-order chi connectivity index (χ0) is 20.8. The summed E-state index contributed by atoms with van der Waals surface area (Å²) < 4.78 is 16.8. The molecule has 1 saturated heterocycles. The second-order valence-corrected chi connectivity index (χ2v) is 7.35. The molecule has 0 spiro atoms. The van der Waals surface area contributed by atoms with E-state index in [1.807, 2.05) is 29.2 Å². The molecule has 0 bridgehead atoms. The van der Waals surface area contributed by atoms with Gasteiger partial charge >= 0.3 is 0 Å². The number of pyridine rings is 1. The Morgan fingerprint density at radius 3 is 2.83 bits per heavy atom. The minimum atomic E-state index is -0.0337. The first kappa shape index (κ1) is 19.9. The summed E-state index contributed by atoms with van der Waals surface area (Å²) in [5, 5.41) is 0. The lowest BCUT2D eigenvalue weighted by Crippen LogP contribution is -2.41. The molecule has 0 aliphatic carbocycles. The molecular weight excluding hydrogens is 382 g/mol. The molecule has 0 unspecified atom stereocenters. The van der Waals surface area contributed by atoms with Crippen molar-refractivity contribution in [3.05, 3.63) is 72.2 Å². The van der Waals surface area contributed by atoms with E-state index in [9.17, 15) is 4.79 Å². The van der Waals surface area contributed by atoms with E-state index < -0.39 is 0 Å². The van der Waals surface area contributed by atoms with Crippen molar-refractivity contribution < 1.29 is 18.7 Å². The number of methoxy groups -OCH3 is 1. The highest BCUT2D eigenvalue weighted by Crippen LogP contribution is 2.27. The first-order chi connectivity index (χ1) is 14.7. The standard InChI is InChI=1S/C23H25N3O4/c1-28-19-8-6-17(7-9-19)12-21-14-25-23(30-21)18-4-3-11-26(15-18)22(27)16-29-20-5-2-10-24-13-20/h2,5-10,13-14,18H,3-4,11-12,15-16H2,1H3/t18-/m1/s1. The van der Waals surface area contributed by atoms with Crippen LogP contribution in [0.25, 0.3) is 0 Å². The summed E-state index contributed by atoms with van der Waals surface area (Å²) in [6.45, 7) is 1.33. The van der Waals surface area contributed by atoms with Gasteiger partial charge < -0.3 is 18.8 Å². The van der Waals surface area contributed by atoms with Crippen LogP contribution < -0.4 is 9.47 Å². The first-order valence-corrected chi connectivity index (χ1v) is 10.1. The summed E-state index contributed by atoms with van der Waals surface area (Å²) in [5.41, 5.74) is 1.13. The lowest BCUT2D eigenvalue weighted by molar-refractivity contribution is -0.134. The van der Waals surface area contributed by atoms with Crippen molar-refractivity contribution in [2.75, 3.05) is 26.8 Å². The largest absolute Gasteiger partial charge is 0.497 e. The van der Waals surface area contributed by atoms with Gasteiger partial charge in [0.2, 0.25) is 0 Å². The number of carbonyl (C=O) groups is 1. The monoisotopic (exact) mass is 407 g/mol. The van der Waals surface area contributed by atoms with Crippen molar-refractivity contribution in [3.8, 4) is 11.5 Å². The van der Waals surface area contributed by atoms with Gasteiger partial charge in [-0.1, -0.05) is 12.1 Å². The van der Waals surface area contributed by atoms with Crippen LogP contribution in [0.2, 0.25) is 0 Å². The van der Waals surface area contributed by atoms with Crippen molar-refractivity contribution >= 4 is 5.91 Å². The highest BCUT2D eigenvalue weighted by atomic mass is 16.5. The van der Waals surface area contributed by atoms with Crippen LogP contribution in [0.4, 0.5) is 0 Å². The summed E-state index contributed by atoms with van der Waals surface area (Å²) in [4.78, 5) is 22.9. The van der Waals surface area contributed by atoms with Crippen LogP contribution in [-0.2, 0) is 11.2 Å². The lowest BCUT2D eigenvalue weighted by atomic mass is 9.98. The number of rotatable bonds is 7. The molecule has 1 aliphatic heterocycles. The van der Waals surface area contributed by atoms with Gasteiger partial charge in [0.05, 0.1) is 25.4 Å². The first-order valence-electron chi connectivity index (χ1n) is 10.1. The maximum absolute atomic E-state index is 12.6. The van der Waals surface area contributed by atoms with Gasteiger partial charge in [-0.05, 0) is 42.7 Å². The Bertz CT molecular complexity index is 956. The number of likely N-dealkylation sites (tertiary alicyclic amines) is 1. The average Bonchev–Trinajstić information content (AvgIpc) is 3.27. The number of oxazole rings is 1. The summed E-state index contributed by atoms with van der Waals surface area (Å²) in [6, 6.07) is 11.5. The highest BCUT2D eigenvalue weighted by molar-refractivity contribution is 5.78. The van der Waals surface area contributed by atoms with E-state index in [-0.39, 0.29) is 18.4 Å². The molecule has 1 atom stereocenters. The molecule has 4 rings (SSSR count). The second-order valence-electron chi connectivity index (χ2n) is 7.35. The molecule has 3 heterocycles. The molecule has 1 fully saturated rings. The Balaban J connectivity index is 1.33. The molecular formula is C23H25N3O4. The molecule has 1 aromatic carbocycles. The van der Waals surface area contributed by atoms with E-state index in [0.29, 0.717) is 24.6 Å². The summed E-state index contributed by atoms with van der Waals surface area (Å²) >= 11 is 0. The number of ether oxygens (including phenoxy) is 2. The minimum Gasteiger partial charge on any atom is -0.497 e. The van der Waals surface area contributed by atoms with Crippen molar-refractivity contribution in [3.63, 3.8) is 0 Å². The van der Waals surface area contributed by atoms with Crippen LogP contribution in [0.15, 0.2) is 59.4 Å². The Kier molecular flexibility index (Phi) is 6.27. The van der Waals surface area contributed by atoms with Crippen LogP contribution in [0.3, 0.4) is 0 Å². The normalized spacial score (nSPS) is 16.3. The molecule has 156 valence electrons. The Labute approximate surface area is 175 Å². The Hall–Kier alpha value is -3.35. The number of aromatic nitrogens is 2. The van der Waals surface area contributed by atoms with Gasteiger partial charge in [0.15, 0.2) is 12.5 Å². The van der Waals surface area contributed by atoms with Crippen LogP contribution in [-0.4, -0.2) is 47.6 Å². The van der Waals surface area contributed by atoms with Gasteiger partial charge in [-0.25, -0.2) is 4.98 Å². The van der Waals surface area contributed by atoms with Crippen molar-refractivity contribution in [1.82, 2.24) is 14.9 Å². The van der Waals surface area contributed by atoms with Crippen LogP contribution in [0.1, 0.15) is 36.0 Å². The molecule has 1 aliphatic rings. The third kappa shape index (κ3) is 4.97. The molecule has 7 nitrogen and oxygen atoms in total. The number of carbonyl (C=O) groups excluding carboxylic acids is 1. The molecule has 1 amide bonds. The summed E-state index contributed by atoms with van der Waals surface area (Å²) in [7, 11) is 1.65. The number of benzene rings is 1. The summed E-state index contributed by atoms with van der Waals surface area (Å²) in [5.74, 6) is 3.01. The quantitative estimate of drug-likeness (QED) is 0.597. The fraction of sp³-hybridized carbons (Fsp3) is 0.348. The van der Waals surface area contributed by atoms with Crippen molar-refractivity contribution in [1.29, 1.82) is 0 Å². The van der Waals surface area contributed by atoms with Gasteiger partial charge in [-0.15, -0.1) is 0 Å². The molecule has 0 saturated carbocycles. The topological polar surface area (TPSA) is 77.7 Å². The molecule has 0 N–H and O–H groups in total. The van der Waals surface area contributed by atoms with Gasteiger partial charge in [0.1, 0.15) is 17.3 Å². The van der Waals surface area contributed by atoms with Crippen LogP contribution >= 0.6 is 0 Å². The van der Waals surface area contributed by atoms with Gasteiger partial charge in [-0.2, -0.15) is 0 Å². The number of nitrogens with zero attached hydrogens (tertiary/aromatic N) is 3. The predicted octanol–water partition coefficient (Wildman–Crippen LogP) is 3.45. The number of piperidine rings is 1. The average molecular weight is 407 g/mol. The van der Waals surface area contributed by atoms with E-state index in [2.05, 4.69) is 9.97 Å². The minimum absolute atomic E-state index is 0.00666. The zero-order valence-electron chi connectivity index (χ0n) is 17.0. The van der Waals surface area contributed by atoms with E-state index >= 15 is 0 Å². The number of amides is 1. The van der Waals surface area contributed by atoms with Gasteiger partial charge in [0, 0.05) is 25.7 Å².